The van der Waals surface area contributed by atoms with E-state index >= 15 is 0 Å². The van der Waals surface area contributed by atoms with Crippen LogP contribution >= 0.6 is 0 Å². The van der Waals surface area contributed by atoms with Crippen LogP contribution in [0.25, 0.3) is 0 Å². The molecule has 0 heterocycles. The van der Waals surface area contributed by atoms with Crippen LogP contribution in [0.2, 0.25) is 0 Å². The topological polar surface area (TPSA) is 47.6 Å². The number of benzene rings is 1. The fourth-order valence-electron chi connectivity index (χ4n) is 1.49. The third-order valence-corrected chi connectivity index (χ3v) is 2.79. The summed E-state index contributed by atoms with van der Waals surface area (Å²) in [6.07, 6.45) is 1.43. The number of anilines is 1. The van der Waals surface area contributed by atoms with Crippen LogP contribution in [-0.2, 0) is 9.53 Å². The van der Waals surface area contributed by atoms with Crippen molar-refractivity contribution in [1.29, 1.82) is 0 Å². The van der Waals surface area contributed by atoms with Crippen LogP contribution in [0.5, 0.6) is 5.75 Å². The minimum Gasteiger partial charge on any atom is -0.491 e. The zero-order valence-electron chi connectivity index (χ0n) is 12.0. The maximum absolute atomic E-state index is 11.9. The van der Waals surface area contributed by atoms with E-state index in [1.165, 1.54) is 0 Å². The van der Waals surface area contributed by atoms with Gasteiger partial charge in [-0.15, -0.1) is 0 Å². The molecule has 0 aliphatic carbocycles. The molecule has 1 unspecified atom stereocenters. The van der Waals surface area contributed by atoms with Gasteiger partial charge in [-0.1, -0.05) is 6.92 Å². The Hall–Kier alpha value is -1.62. The smallest absolute Gasteiger partial charge is 0.226 e. The summed E-state index contributed by atoms with van der Waals surface area (Å²) in [6.45, 7) is 3.96. The molecule has 1 rings (SSSR count). The summed E-state index contributed by atoms with van der Waals surface area (Å²) in [5.41, 5.74) is 0.686. The molecule has 1 aromatic rings. The molecule has 1 aromatic carbocycles. The van der Waals surface area contributed by atoms with Gasteiger partial charge in [0, 0.05) is 5.69 Å². The van der Waals surface area contributed by atoms with Gasteiger partial charge >= 0.3 is 0 Å². The Morgan fingerprint density at radius 3 is 2.60 bits per heavy atom. The molecular formula is C15H22FNO3. The number of hydrogen-bond acceptors (Lipinski definition) is 3. The molecule has 0 radical (unpaired) electrons. The minimum atomic E-state index is -0.519. The van der Waals surface area contributed by atoms with E-state index in [1.807, 2.05) is 13.8 Å². The van der Waals surface area contributed by atoms with Gasteiger partial charge in [-0.2, -0.15) is 0 Å². The number of nitrogens with one attached hydrogen (secondary N) is 1. The van der Waals surface area contributed by atoms with Crippen molar-refractivity contribution in [3.8, 4) is 5.75 Å². The number of alkyl halides is 1. The molecule has 1 N–H and O–H groups in total. The molecule has 0 aliphatic heterocycles. The van der Waals surface area contributed by atoms with Gasteiger partial charge in [0.05, 0.1) is 19.1 Å². The summed E-state index contributed by atoms with van der Waals surface area (Å²) < 4.78 is 22.5. The number of carbonyl (C=O) groups is 1. The predicted octanol–water partition coefficient (Wildman–Crippen LogP) is 3.18. The Kier molecular flexibility index (Phi) is 7.65. The van der Waals surface area contributed by atoms with E-state index in [1.54, 1.807) is 24.3 Å². The highest BCUT2D eigenvalue weighted by molar-refractivity contribution is 5.90. The second-order valence-corrected chi connectivity index (χ2v) is 4.45. The number of amides is 1. The second kappa shape index (κ2) is 9.31. The monoisotopic (exact) mass is 283 g/mol. The lowest BCUT2D eigenvalue weighted by Crippen LogP contribution is -2.16. The molecule has 4 nitrogen and oxygen atoms in total. The van der Waals surface area contributed by atoms with Crippen molar-refractivity contribution in [3.05, 3.63) is 24.3 Å². The standard InChI is InChI=1S/C15H22FNO3/c1-3-12(2)19-10-8-15(18)17-13-4-6-14(7-5-13)20-11-9-16/h4-7,12H,3,8-11H2,1-2H3,(H,17,18). The Labute approximate surface area is 119 Å². The summed E-state index contributed by atoms with van der Waals surface area (Å²) in [5, 5.41) is 2.77. The van der Waals surface area contributed by atoms with Crippen molar-refractivity contribution in [2.24, 2.45) is 0 Å². The van der Waals surface area contributed by atoms with Crippen LogP contribution in [0.4, 0.5) is 10.1 Å². The van der Waals surface area contributed by atoms with Gasteiger partial charge in [0.15, 0.2) is 0 Å². The fraction of sp³-hybridized carbons (Fsp3) is 0.533. The first-order chi connectivity index (χ1) is 9.65. The number of ether oxygens (including phenoxy) is 2. The maximum atomic E-state index is 11.9. The first kappa shape index (κ1) is 16.4. The number of rotatable bonds is 9. The molecule has 20 heavy (non-hydrogen) atoms. The normalized spacial score (nSPS) is 11.9. The van der Waals surface area contributed by atoms with Gasteiger partial charge < -0.3 is 14.8 Å². The van der Waals surface area contributed by atoms with Crippen LogP contribution in [0.1, 0.15) is 26.7 Å². The number of hydrogen-bond donors (Lipinski definition) is 1. The minimum absolute atomic E-state index is 0.0403. The van der Waals surface area contributed by atoms with E-state index < -0.39 is 6.67 Å². The Morgan fingerprint density at radius 1 is 1.30 bits per heavy atom. The fourth-order valence-corrected chi connectivity index (χ4v) is 1.49. The quantitative estimate of drug-likeness (QED) is 0.757. The zero-order chi connectivity index (χ0) is 14.8. The summed E-state index contributed by atoms with van der Waals surface area (Å²) in [5.74, 6) is 0.492. The van der Waals surface area contributed by atoms with E-state index in [9.17, 15) is 9.18 Å². The molecule has 1 atom stereocenters. The highest BCUT2D eigenvalue weighted by Crippen LogP contribution is 2.15. The van der Waals surface area contributed by atoms with Gasteiger partial charge in [-0.3, -0.25) is 4.79 Å². The van der Waals surface area contributed by atoms with Crippen molar-refractivity contribution >= 4 is 11.6 Å². The first-order valence-corrected chi connectivity index (χ1v) is 6.86. The molecule has 0 spiro atoms. The van der Waals surface area contributed by atoms with Gasteiger partial charge in [0.25, 0.3) is 0 Å². The van der Waals surface area contributed by atoms with E-state index in [4.69, 9.17) is 9.47 Å². The van der Waals surface area contributed by atoms with Gasteiger partial charge in [-0.25, -0.2) is 4.39 Å². The third kappa shape index (κ3) is 6.52. The van der Waals surface area contributed by atoms with E-state index in [2.05, 4.69) is 5.32 Å². The van der Waals surface area contributed by atoms with Crippen LogP contribution in [0.15, 0.2) is 24.3 Å². The highest BCUT2D eigenvalue weighted by atomic mass is 19.1. The first-order valence-electron chi connectivity index (χ1n) is 6.86. The van der Waals surface area contributed by atoms with Gasteiger partial charge in [0.1, 0.15) is 19.0 Å². The summed E-state index contributed by atoms with van der Waals surface area (Å²) in [7, 11) is 0. The molecule has 0 saturated carbocycles. The highest BCUT2D eigenvalue weighted by Gasteiger charge is 2.04. The Bertz CT molecular complexity index is 395. The van der Waals surface area contributed by atoms with Crippen molar-refractivity contribution in [2.45, 2.75) is 32.8 Å². The molecule has 5 heteroatoms. The van der Waals surface area contributed by atoms with E-state index in [-0.39, 0.29) is 18.6 Å². The van der Waals surface area contributed by atoms with Crippen LogP contribution < -0.4 is 10.1 Å². The average molecular weight is 283 g/mol. The van der Waals surface area contributed by atoms with Gasteiger partial charge in [-0.05, 0) is 37.6 Å². The molecule has 0 fully saturated rings. The summed E-state index contributed by atoms with van der Waals surface area (Å²) >= 11 is 0. The lowest BCUT2D eigenvalue weighted by molar-refractivity contribution is -0.117. The largest absolute Gasteiger partial charge is 0.491 e. The Balaban J connectivity index is 2.31. The molecule has 112 valence electrons. The molecule has 0 saturated heterocycles. The average Bonchev–Trinajstić information content (AvgIpc) is 2.46. The number of halogens is 1. The second-order valence-electron chi connectivity index (χ2n) is 4.45. The van der Waals surface area contributed by atoms with Crippen molar-refractivity contribution in [2.75, 3.05) is 25.2 Å². The summed E-state index contributed by atoms with van der Waals surface area (Å²) in [6, 6.07) is 6.84. The molecule has 0 bridgehead atoms. The van der Waals surface area contributed by atoms with Crippen LogP contribution in [0, 0.1) is 0 Å². The van der Waals surface area contributed by atoms with Gasteiger partial charge in [0.2, 0.25) is 5.91 Å². The molecule has 0 aromatic heterocycles. The van der Waals surface area contributed by atoms with E-state index in [0.717, 1.165) is 6.42 Å². The van der Waals surface area contributed by atoms with Crippen molar-refractivity contribution in [3.63, 3.8) is 0 Å². The van der Waals surface area contributed by atoms with Crippen molar-refractivity contribution in [1.82, 2.24) is 0 Å². The van der Waals surface area contributed by atoms with Crippen molar-refractivity contribution < 1.29 is 18.7 Å². The Morgan fingerprint density at radius 2 is 2.00 bits per heavy atom. The SMILES string of the molecule is CCC(C)OCCC(=O)Nc1ccc(OCCF)cc1. The third-order valence-electron chi connectivity index (χ3n) is 2.79. The predicted molar refractivity (Wildman–Crippen MR) is 76.9 cm³/mol. The molecule has 0 aliphatic rings. The molecular weight excluding hydrogens is 261 g/mol. The maximum Gasteiger partial charge on any atom is 0.226 e. The molecule has 1 amide bonds. The van der Waals surface area contributed by atoms with E-state index in [0.29, 0.717) is 24.5 Å². The zero-order valence-corrected chi connectivity index (χ0v) is 12.0. The van der Waals surface area contributed by atoms with Crippen LogP contribution in [-0.4, -0.2) is 31.9 Å². The number of carbonyl (C=O) groups excluding carboxylic acids is 1. The lowest BCUT2D eigenvalue weighted by Gasteiger charge is -2.10. The summed E-state index contributed by atoms with van der Waals surface area (Å²) in [4.78, 5) is 11.7. The lowest BCUT2D eigenvalue weighted by atomic mass is 10.3. The van der Waals surface area contributed by atoms with Crippen LogP contribution in [0.3, 0.4) is 0 Å².